The van der Waals surface area contributed by atoms with Gasteiger partial charge in [0, 0.05) is 6.42 Å². The van der Waals surface area contributed by atoms with Crippen LogP contribution in [-0.2, 0) is 9.53 Å². The predicted molar refractivity (Wildman–Crippen MR) is 115 cm³/mol. The quantitative estimate of drug-likeness (QED) is 0.0592. The lowest BCUT2D eigenvalue weighted by atomic mass is 9.81. The third-order valence-corrected chi connectivity index (χ3v) is 7.47. The maximum atomic E-state index is 14.0. The summed E-state index contributed by atoms with van der Waals surface area (Å²) in [4.78, 5) is 11.0. The van der Waals surface area contributed by atoms with Crippen molar-refractivity contribution in [3.63, 3.8) is 0 Å². The molecule has 0 unspecified atom stereocenters. The average molecular weight is 982 g/mol. The van der Waals surface area contributed by atoms with Crippen molar-refractivity contribution in [2.45, 2.75) is 115 Å². The minimum atomic E-state index is -10.3. The summed E-state index contributed by atoms with van der Waals surface area (Å²) in [5.74, 6) is -128. The number of carbonyl (C=O) groups is 1. The highest BCUT2D eigenvalue weighted by molar-refractivity contribution is 5.87. The Kier molecular flexibility index (Phi) is 14.1. The molecule has 0 aromatic carbocycles. The van der Waals surface area contributed by atoms with Crippen LogP contribution in [0.5, 0.6) is 0 Å². The van der Waals surface area contributed by atoms with Gasteiger partial charge in [-0.2, -0.15) is 149 Å². The van der Waals surface area contributed by atoms with Gasteiger partial charge in [0.2, 0.25) is 0 Å². The number of alkyl halides is 33. The number of carbonyl (C=O) groups excluding carboxylic acids is 1. The number of ether oxygens (including phenoxy) is 1. The molecule has 0 radical (unpaired) electrons. The zero-order chi connectivity index (χ0) is 49.6. The number of rotatable bonds is 18. The van der Waals surface area contributed by atoms with Crippen LogP contribution < -0.4 is 0 Å². The molecule has 358 valence electrons. The van der Waals surface area contributed by atoms with Crippen molar-refractivity contribution in [1.82, 2.24) is 0 Å². The van der Waals surface area contributed by atoms with Gasteiger partial charge in [-0.15, -0.1) is 0 Å². The fraction of sp³-hybridized carbons (Fsp3) is 0.870. The first-order valence-electron chi connectivity index (χ1n) is 13.4. The van der Waals surface area contributed by atoms with Crippen molar-refractivity contribution in [3.05, 3.63) is 11.7 Å². The van der Waals surface area contributed by atoms with Crippen LogP contribution >= 0.6 is 0 Å². The van der Waals surface area contributed by atoms with E-state index in [0.717, 1.165) is 0 Å². The highest BCUT2D eigenvalue weighted by Gasteiger charge is 3.02. The normalized spacial score (nSPS) is 16.3. The Bertz CT molecular complexity index is 1570. The van der Waals surface area contributed by atoms with Gasteiger partial charge in [0.05, 0.1) is 12.2 Å². The summed E-state index contributed by atoms with van der Waals surface area (Å²) in [5.41, 5.74) is -11.2. The molecule has 0 saturated carbocycles. The lowest BCUT2D eigenvalue weighted by Crippen LogP contribution is -2.80. The van der Waals surface area contributed by atoms with Gasteiger partial charge in [0.25, 0.3) is 6.08 Å². The van der Waals surface area contributed by atoms with E-state index in [1.807, 2.05) is 0 Å². The van der Waals surface area contributed by atoms with Gasteiger partial charge in [-0.3, -0.25) is 0 Å². The minimum Gasteiger partial charge on any atom is -0.462 e. The largest absolute Gasteiger partial charge is 0.462 e. The fourth-order valence-corrected chi connectivity index (χ4v) is 3.74. The second-order valence-corrected chi connectivity index (χ2v) is 11.4. The average Bonchev–Trinajstić information content (AvgIpc) is 3.03. The Balaban J connectivity index is 7.48. The molecule has 0 aliphatic rings. The van der Waals surface area contributed by atoms with Crippen LogP contribution in [0.1, 0.15) is 19.8 Å². The maximum Gasteiger partial charge on any atom is 0.438 e. The first-order chi connectivity index (χ1) is 25.5. The van der Waals surface area contributed by atoms with E-state index >= 15 is 0 Å². The monoisotopic (exact) mass is 982 g/mol. The van der Waals surface area contributed by atoms with E-state index < -0.39 is 132 Å². The predicted octanol–water partition coefficient (Wildman–Crippen LogP) is 12.6. The molecule has 0 fully saturated rings. The van der Waals surface area contributed by atoms with Crippen molar-refractivity contribution in [2.24, 2.45) is 0 Å². The van der Waals surface area contributed by atoms with Crippen LogP contribution in [0.2, 0.25) is 0 Å². The standard InChI is InChI=1S/C23H9F35O2/c1-5(6(24)25)7(59)60-4-2-3-8(26,27)10(29,30)12(33,34)14(37,38)16(41,42)18(45,46)20(49,50)21(51,52)19(47,48)17(43,44)15(39,40)13(35,36)11(31,32)9(28,22(53,54)55)23(56,57)58/h2-4H2,1H3. The van der Waals surface area contributed by atoms with Crippen molar-refractivity contribution in [3.8, 4) is 0 Å². The molecule has 0 bridgehead atoms. The van der Waals surface area contributed by atoms with Crippen molar-refractivity contribution in [1.29, 1.82) is 0 Å². The molecule has 0 aliphatic carbocycles. The number of esters is 1. The Morgan fingerprint density at radius 3 is 0.800 bits per heavy atom. The summed E-state index contributed by atoms with van der Waals surface area (Å²) in [6.45, 7) is -1.78. The van der Waals surface area contributed by atoms with E-state index in [9.17, 15) is 158 Å². The Hall–Kier alpha value is -3.24. The van der Waals surface area contributed by atoms with E-state index in [4.69, 9.17) is 0 Å². The van der Waals surface area contributed by atoms with Gasteiger partial charge in [0.1, 0.15) is 0 Å². The van der Waals surface area contributed by atoms with Gasteiger partial charge in [-0.05, 0) is 13.3 Å². The second kappa shape index (κ2) is 14.9. The zero-order valence-corrected chi connectivity index (χ0v) is 26.7. The Morgan fingerprint density at radius 2 is 0.583 bits per heavy atom. The Labute approximate surface area is 303 Å². The van der Waals surface area contributed by atoms with Gasteiger partial charge >= 0.3 is 101 Å². The summed E-state index contributed by atoms with van der Waals surface area (Å²) in [7, 11) is 0. The molecule has 0 heterocycles. The summed E-state index contributed by atoms with van der Waals surface area (Å²) in [6, 6.07) is 0. The summed E-state index contributed by atoms with van der Waals surface area (Å²) in [5, 5.41) is 0. The molecule has 60 heavy (non-hydrogen) atoms. The molecule has 0 spiro atoms. The van der Waals surface area contributed by atoms with Crippen LogP contribution in [0.15, 0.2) is 11.7 Å². The van der Waals surface area contributed by atoms with Gasteiger partial charge in [-0.25, -0.2) is 9.18 Å². The molecule has 0 amide bonds. The molecule has 0 atom stereocenters. The molecule has 2 nitrogen and oxygen atoms in total. The fourth-order valence-electron chi connectivity index (χ4n) is 3.74. The number of hydrogen-bond acceptors (Lipinski definition) is 2. The third-order valence-electron chi connectivity index (χ3n) is 7.47. The molecular weight excluding hydrogens is 973 g/mol. The molecular formula is C23H9F35O2. The topological polar surface area (TPSA) is 26.3 Å². The van der Waals surface area contributed by atoms with Crippen molar-refractivity contribution < 1.29 is 163 Å². The van der Waals surface area contributed by atoms with E-state index in [-0.39, 0.29) is 6.92 Å². The summed E-state index contributed by atoms with van der Waals surface area (Å²) >= 11 is 0. The molecule has 0 aromatic rings. The molecule has 0 aliphatic heterocycles. The van der Waals surface area contributed by atoms with E-state index in [1.165, 1.54) is 0 Å². The summed E-state index contributed by atoms with van der Waals surface area (Å²) < 4.78 is 478. The second-order valence-electron chi connectivity index (χ2n) is 11.4. The Morgan fingerprint density at radius 1 is 0.367 bits per heavy atom. The SMILES string of the molecule is CC(C(=O)OCCCC(F)(F)C(F)(F)C(F)(F)C(F)(F)C(F)(F)C(F)(F)C(F)(F)C(F)(F)C(F)(F)C(F)(F)C(F)(F)C(F)(F)C(F)(F)C(F)(C(F)(F)F)C(F)(F)F)=C(F)F. The molecule has 0 aromatic heterocycles. The van der Waals surface area contributed by atoms with Crippen LogP contribution in [0.3, 0.4) is 0 Å². The number of halogens is 35. The lowest BCUT2D eigenvalue weighted by molar-refractivity contribution is -0.492. The minimum absolute atomic E-state index is 0.181. The van der Waals surface area contributed by atoms with Crippen LogP contribution in [0.4, 0.5) is 154 Å². The van der Waals surface area contributed by atoms with Crippen LogP contribution in [0.25, 0.3) is 0 Å². The first-order valence-corrected chi connectivity index (χ1v) is 13.4. The van der Waals surface area contributed by atoms with Crippen LogP contribution in [0, 0.1) is 0 Å². The van der Waals surface area contributed by atoms with E-state index in [0.29, 0.717) is 0 Å². The van der Waals surface area contributed by atoms with Crippen molar-refractivity contribution in [2.75, 3.05) is 6.61 Å². The molecule has 0 rings (SSSR count). The highest BCUT2D eigenvalue weighted by Crippen LogP contribution is 2.70. The third kappa shape index (κ3) is 7.25. The van der Waals surface area contributed by atoms with Crippen molar-refractivity contribution >= 4 is 5.97 Å². The van der Waals surface area contributed by atoms with E-state index in [1.54, 1.807) is 0 Å². The summed E-state index contributed by atoms with van der Waals surface area (Å²) in [6.07, 6.45) is -26.2. The number of hydrogen-bond donors (Lipinski definition) is 0. The first kappa shape index (κ1) is 56.8. The van der Waals surface area contributed by atoms with Crippen LogP contribution in [-0.4, -0.2) is 108 Å². The molecule has 37 heteroatoms. The zero-order valence-electron chi connectivity index (χ0n) is 26.7. The molecule has 0 saturated heterocycles. The van der Waals surface area contributed by atoms with E-state index in [2.05, 4.69) is 4.74 Å². The smallest absolute Gasteiger partial charge is 0.438 e. The van der Waals surface area contributed by atoms with Gasteiger partial charge < -0.3 is 4.74 Å². The highest BCUT2D eigenvalue weighted by atomic mass is 19.4. The maximum absolute atomic E-state index is 14.0. The lowest BCUT2D eigenvalue weighted by Gasteiger charge is -2.47. The van der Waals surface area contributed by atoms with Gasteiger partial charge in [-0.1, -0.05) is 0 Å². The van der Waals surface area contributed by atoms with Gasteiger partial charge in [0.15, 0.2) is 0 Å². The molecule has 0 N–H and O–H groups in total.